The van der Waals surface area contributed by atoms with Crippen LogP contribution in [0.2, 0.25) is 5.02 Å². The van der Waals surface area contributed by atoms with Crippen LogP contribution in [0.4, 0.5) is 0 Å². The second-order valence-corrected chi connectivity index (χ2v) is 8.46. The van der Waals surface area contributed by atoms with Crippen LogP contribution in [-0.2, 0) is 6.54 Å². The Kier molecular flexibility index (Phi) is 5.86. The minimum atomic E-state index is -0.168. The smallest absolute Gasteiger partial charge is 0.255 e. The van der Waals surface area contributed by atoms with E-state index in [2.05, 4.69) is 15.2 Å². The molecule has 1 amide bonds. The Labute approximate surface area is 201 Å². The number of hydrogen-bond donors (Lipinski definition) is 0. The van der Waals surface area contributed by atoms with Crippen molar-refractivity contribution in [3.05, 3.63) is 89.5 Å². The van der Waals surface area contributed by atoms with Gasteiger partial charge in [-0.2, -0.15) is 0 Å². The maximum atomic E-state index is 13.8. The Morgan fingerprint density at radius 2 is 1.82 bits per heavy atom. The van der Waals surface area contributed by atoms with Gasteiger partial charge >= 0.3 is 0 Å². The highest BCUT2D eigenvalue weighted by atomic mass is 35.5. The maximum Gasteiger partial charge on any atom is 0.255 e. The number of aromatic nitrogens is 3. The molecule has 170 valence electrons. The molecule has 0 saturated carbocycles. The molecule has 7 nitrogen and oxygen atoms in total. The molecule has 0 aliphatic carbocycles. The van der Waals surface area contributed by atoms with E-state index in [4.69, 9.17) is 20.4 Å². The summed E-state index contributed by atoms with van der Waals surface area (Å²) >= 11 is 6.26. The molecule has 34 heavy (non-hydrogen) atoms. The number of benzene rings is 2. The van der Waals surface area contributed by atoms with E-state index in [0.717, 1.165) is 5.39 Å². The molecule has 8 heteroatoms. The van der Waals surface area contributed by atoms with E-state index in [9.17, 15) is 4.79 Å². The van der Waals surface area contributed by atoms with E-state index < -0.39 is 0 Å². The molecular weight excluding hydrogens is 452 g/mol. The number of furan rings is 1. The molecule has 3 aromatic heterocycles. The summed E-state index contributed by atoms with van der Waals surface area (Å²) in [6.45, 7) is 4.04. The summed E-state index contributed by atoms with van der Waals surface area (Å²) in [5.41, 5.74) is 2.47. The van der Waals surface area contributed by atoms with Crippen molar-refractivity contribution in [2.75, 3.05) is 0 Å². The van der Waals surface area contributed by atoms with Gasteiger partial charge in [0.15, 0.2) is 5.76 Å². The third-order valence-corrected chi connectivity index (χ3v) is 5.81. The number of pyridine rings is 1. The van der Waals surface area contributed by atoms with Crippen molar-refractivity contribution < 1.29 is 13.6 Å². The average molecular weight is 473 g/mol. The van der Waals surface area contributed by atoms with Crippen molar-refractivity contribution in [1.29, 1.82) is 0 Å². The Hall–Kier alpha value is -3.97. The lowest BCUT2D eigenvalue weighted by molar-refractivity contribution is 0.0674. The van der Waals surface area contributed by atoms with Crippen LogP contribution in [-0.4, -0.2) is 32.0 Å². The van der Waals surface area contributed by atoms with E-state index in [1.54, 1.807) is 29.4 Å². The molecular formula is C26H21ClN4O3. The summed E-state index contributed by atoms with van der Waals surface area (Å²) in [4.78, 5) is 20.2. The van der Waals surface area contributed by atoms with Crippen LogP contribution in [0.15, 0.2) is 81.8 Å². The van der Waals surface area contributed by atoms with Gasteiger partial charge in [0.25, 0.3) is 5.91 Å². The van der Waals surface area contributed by atoms with Gasteiger partial charge in [-0.3, -0.25) is 4.79 Å². The molecule has 0 bridgehead atoms. The average Bonchev–Trinajstić information content (AvgIpc) is 3.54. The number of fused-ring (bicyclic) bond motifs is 1. The first kappa shape index (κ1) is 21.9. The Morgan fingerprint density at radius 3 is 2.59 bits per heavy atom. The van der Waals surface area contributed by atoms with Crippen LogP contribution in [0.1, 0.15) is 30.1 Å². The van der Waals surface area contributed by atoms with E-state index in [0.29, 0.717) is 44.9 Å². The fourth-order valence-corrected chi connectivity index (χ4v) is 3.97. The molecule has 0 radical (unpaired) electrons. The van der Waals surface area contributed by atoms with Crippen molar-refractivity contribution in [2.45, 2.75) is 26.4 Å². The van der Waals surface area contributed by atoms with Crippen molar-refractivity contribution in [2.24, 2.45) is 0 Å². The molecule has 3 heterocycles. The fourth-order valence-electron chi connectivity index (χ4n) is 3.75. The molecule has 0 saturated heterocycles. The Morgan fingerprint density at radius 1 is 1.03 bits per heavy atom. The summed E-state index contributed by atoms with van der Waals surface area (Å²) in [5, 5.41) is 9.56. The zero-order chi connectivity index (χ0) is 23.7. The Bertz CT molecular complexity index is 1460. The molecule has 5 rings (SSSR count). The van der Waals surface area contributed by atoms with Crippen molar-refractivity contribution in [3.63, 3.8) is 0 Å². The molecule has 0 aliphatic heterocycles. The number of hydrogen-bond acceptors (Lipinski definition) is 6. The zero-order valence-corrected chi connectivity index (χ0v) is 19.4. The molecule has 0 fully saturated rings. The van der Waals surface area contributed by atoms with Crippen LogP contribution in [0.5, 0.6) is 0 Å². The van der Waals surface area contributed by atoms with Gasteiger partial charge in [-0.25, -0.2) is 4.98 Å². The third kappa shape index (κ3) is 4.18. The van der Waals surface area contributed by atoms with Gasteiger partial charge in [0.05, 0.1) is 34.5 Å². The normalized spacial score (nSPS) is 11.3. The van der Waals surface area contributed by atoms with Crippen LogP contribution in [0, 0.1) is 0 Å². The highest BCUT2D eigenvalue weighted by Gasteiger charge is 2.25. The number of nitrogens with zero attached hydrogens (tertiary/aromatic N) is 4. The first-order chi connectivity index (χ1) is 16.5. The summed E-state index contributed by atoms with van der Waals surface area (Å²) in [6.07, 6.45) is 1.58. The minimum absolute atomic E-state index is 0.123. The summed E-state index contributed by atoms with van der Waals surface area (Å²) < 4.78 is 11.4. The summed E-state index contributed by atoms with van der Waals surface area (Å²) in [6, 6.07) is 20.1. The fraction of sp³-hybridized carbons (Fsp3) is 0.154. The number of rotatable bonds is 6. The van der Waals surface area contributed by atoms with E-state index in [-0.39, 0.29) is 18.5 Å². The monoisotopic (exact) mass is 472 g/mol. The first-order valence-corrected chi connectivity index (χ1v) is 11.2. The third-order valence-electron chi connectivity index (χ3n) is 5.48. The summed E-state index contributed by atoms with van der Waals surface area (Å²) in [7, 11) is 0. The van der Waals surface area contributed by atoms with Gasteiger partial charge in [0.1, 0.15) is 5.69 Å². The molecule has 0 atom stereocenters. The molecule has 0 spiro atoms. The quantitative estimate of drug-likeness (QED) is 0.290. The topological polar surface area (TPSA) is 85.3 Å². The standard InChI is InChI=1S/C26H21ClN4O3/c1-16(2)31(15-24-29-30-25(34-24)18-9-3-5-10-20(18)27)26(32)19-14-22(23-12-7-13-33-23)28-21-11-6-4-8-17(19)21/h3-14,16H,15H2,1-2H3. The predicted molar refractivity (Wildman–Crippen MR) is 129 cm³/mol. The molecule has 2 aromatic carbocycles. The zero-order valence-electron chi connectivity index (χ0n) is 18.6. The van der Waals surface area contributed by atoms with Gasteiger partial charge in [0, 0.05) is 11.4 Å². The predicted octanol–water partition coefficient (Wildman–Crippen LogP) is 6.25. The second kappa shape index (κ2) is 9.11. The highest BCUT2D eigenvalue weighted by Crippen LogP contribution is 2.29. The second-order valence-electron chi connectivity index (χ2n) is 8.06. The number of carbonyl (C=O) groups is 1. The van der Waals surface area contributed by atoms with E-state index in [1.807, 2.05) is 62.4 Å². The first-order valence-electron chi connectivity index (χ1n) is 10.8. The lowest BCUT2D eigenvalue weighted by Crippen LogP contribution is -2.36. The van der Waals surface area contributed by atoms with Crippen LogP contribution < -0.4 is 0 Å². The number of carbonyl (C=O) groups excluding carboxylic acids is 1. The lowest BCUT2D eigenvalue weighted by atomic mass is 10.0. The van der Waals surface area contributed by atoms with Crippen LogP contribution >= 0.6 is 11.6 Å². The van der Waals surface area contributed by atoms with Gasteiger partial charge in [0.2, 0.25) is 11.8 Å². The SMILES string of the molecule is CC(C)N(Cc1nnc(-c2ccccc2Cl)o1)C(=O)c1cc(-c2ccco2)nc2ccccc12. The lowest BCUT2D eigenvalue weighted by Gasteiger charge is -2.26. The minimum Gasteiger partial charge on any atom is -0.463 e. The van der Waals surface area contributed by atoms with Gasteiger partial charge in [-0.05, 0) is 50.2 Å². The van der Waals surface area contributed by atoms with E-state index >= 15 is 0 Å². The largest absolute Gasteiger partial charge is 0.463 e. The van der Waals surface area contributed by atoms with Crippen molar-refractivity contribution in [3.8, 4) is 22.9 Å². The van der Waals surface area contributed by atoms with Gasteiger partial charge in [-0.15, -0.1) is 10.2 Å². The van der Waals surface area contributed by atoms with Crippen LogP contribution in [0.3, 0.4) is 0 Å². The highest BCUT2D eigenvalue weighted by molar-refractivity contribution is 6.33. The molecule has 0 N–H and O–H groups in total. The van der Waals surface area contributed by atoms with Crippen molar-refractivity contribution in [1.82, 2.24) is 20.1 Å². The number of amides is 1. The molecule has 0 aliphatic rings. The van der Waals surface area contributed by atoms with Gasteiger partial charge < -0.3 is 13.7 Å². The van der Waals surface area contributed by atoms with Crippen molar-refractivity contribution >= 4 is 28.4 Å². The summed E-state index contributed by atoms with van der Waals surface area (Å²) in [5.74, 6) is 1.06. The molecule has 0 unspecified atom stereocenters. The molecule has 5 aromatic rings. The van der Waals surface area contributed by atoms with E-state index in [1.165, 1.54) is 0 Å². The van der Waals surface area contributed by atoms with Gasteiger partial charge in [-0.1, -0.05) is 41.9 Å². The number of halogens is 1. The van der Waals surface area contributed by atoms with Crippen LogP contribution in [0.25, 0.3) is 33.8 Å². The maximum absolute atomic E-state index is 13.8. The number of para-hydroxylation sites is 1. The Balaban J connectivity index is 1.51.